The molecule has 0 saturated carbocycles. The third kappa shape index (κ3) is 23.0. The molecule has 2 aromatic carbocycles. The van der Waals surface area contributed by atoms with Crippen LogP contribution in [0.5, 0.6) is 5.75 Å². The lowest BCUT2D eigenvalue weighted by molar-refractivity contribution is -0.164. The molecular formula is C47H69N5O16S. The van der Waals surface area contributed by atoms with Gasteiger partial charge in [-0.3, -0.25) is 20.2 Å². The lowest BCUT2D eigenvalue weighted by Gasteiger charge is -2.30. The second kappa shape index (κ2) is 22.4. The fraction of sp³-hybridized carbons (Fsp3) is 0.574. The minimum Gasteiger partial charge on any atom is -0.460 e. The van der Waals surface area contributed by atoms with Gasteiger partial charge in [0.15, 0.2) is 0 Å². The number of carbonyl (C=O) groups excluding carboxylic acids is 7. The highest BCUT2D eigenvalue weighted by atomic mass is 32.2. The molecule has 0 aliphatic heterocycles. The smallest absolute Gasteiger partial charge is 0.425 e. The van der Waals surface area contributed by atoms with Crippen molar-refractivity contribution in [2.24, 2.45) is 4.99 Å². The molecule has 0 aromatic heterocycles. The highest BCUT2D eigenvalue weighted by Gasteiger charge is 2.39. The number of nitrogens with one attached hydrogen (secondary N) is 3. The number of rotatable bonds is 12. The van der Waals surface area contributed by atoms with E-state index in [2.05, 4.69) is 20.3 Å². The Morgan fingerprint density at radius 1 is 0.580 bits per heavy atom. The van der Waals surface area contributed by atoms with Crippen LogP contribution in [-0.4, -0.2) is 100 Å². The van der Waals surface area contributed by atoms with Crippen molar-refractivity contribution in [3.63, 3.8) is 0 Å². The summed E-state index contributed by atoms with van der Waals surface area (Å²) in [7, 11) is -5.16. The molecule has 69 heavy (non-hydrogen) atoms. The summed E-state index contributed by atoms with van der Waals surface area (Å²) in [5, 5.41) is 4.71. The van der Waals surface area contributed by atoms with E-state index >= 15 is 0 Å². The summed E-state index contributed by atoms with van der Waals surface area (Å²) in [6, 6.07) is 7.06. The Hall–Kier alpha value is -6.29. The van der Waals surface area contributed by atoms with Gasteiger partial charge in [-0.1, -0.05) is 6.07 Å². The van der Waals surface area contributed by atoms with Gasteiger partial charge in [-0.2, -0.15) is 17.4 Å². The summed E-state index contributed by atoms with van der Waals surface area (Å²) in [6.07, 6.45) is -4.11. The van der Waals surface area contributed by atoms with E-state index in [-0.39, 0.29) is 38.4 Å². The standard InChI is InChI=1S/C47H69N5O16S/c1-42(2,3)63-34(53)26-33(37(56)65-44(7,8)9)51-69(60,61)52(41(59)68-47(16,17)18)27-29-21-24-31(25-32(29)36(55)64-43(4,5)6)62-35(54)28-19-22-30(23-20-28)48-38(49-39(57)66-45(10,11)12)50-40(58)67-46(13,14)15/h19-25,33,51H,26-27H2,1-18H3,(H2,48,49,50,57,58). The average molecular weight is 992 g/mol. The van der Waals surface area contributed by atoms with Crippen LogP contribution in [0.3, 0.4) is 0 Å². The van der Waals surface area contributed by atoms with Crippen LogP contribution < -0.4 is 20.1 Å². The maximum absolute atomic E-state index is 14.3. The highest BCUT2D eigenvalue weighted by molar-refractivity contribution is 7.87. The number of benzene rings is 2. The Balaban J connectivity index is 2.63. The molecule has 0 aliphatic rings. The first-order chi connectivity index (χ1) is 31.0. The molecule has 21 nitrogen and oxygen atoms in total. The van der Waals surface area contributed by atoms with Crippen LogP contribution in [0.1, 0.15) is 157 Å². The number of nitrogens with zero attached hydrogens (tertiary/aromatic N) is 2. The zero-order valence-electron chi connectivity index (χ0n) is 42.9. The molecule has 0 spiro atoms. The van der Waals surface area contributed by atoms with Gasteiger partial charge >= 0.3 is 52.4 Å². The molecule has 1 atom stereocenters. The second-order valence-corrected chi connectivity index (χ2v) is 23.1. The van der Waals surface area contributed by atoms with Gasteiger partial charge in [0.2, 0.25) is 5.96 Å². The molecule has 0 bridgehead atoms. The van der Waals surface area contributed by atoms with Crippen molar-refractivity contribution in [2.75, 3.05) is 0 Å². The number of alkyl carbamates (subject to hydrolysis) is 2. The first kappa shape index (κ1) is 58.8. The van der Waals surface area contributed by atoms with Crippen LogP contribution in [0.2, 0.25) is 0 Å². The Kier molecular flexibility index (Phi) is 19.1. The zero-order valence-corrected chi connectivity index (χ0v) is 43.7. The number of carbonyl (C=O) groups is 7. The van der Waals surface area contributed by atoms with Crippen molar-refractivity contribution < 1.29 is 75.1 Å². The monoisotopic (exact) mass is 991 g/mol. The van der Waals surface area contributed by atoms with Crippen molar-refractivity contribution in [3.05, 3.63) is 59.2 Å². The Labute approximate surface area is 404 Å². The third-order valence-electron chi connectivity index (χ3n) is 7.47. The number of guanidine groups is 1. The number of amides is 3. The Bertz CT molecular complexity index is 2320. The number of hydrogen-bond acceptors (Lipinski definition) is 17. The maximum Gasteiger partial charge on any atom is 0.425 e. The molecule has 2 aromatic rings. The normalized spacial score (nSPS) is 12.8. The average Bonchev–Trinajstić information content (AvgIpc) is 3.09. The Morgan fingerprint density at radius 2 is 1.04 bits per heavy atom. The van der Waals surface area contributed by atoms with E-state index < -0.39 is 105 Å². The van der Waals surface area contributed by atoms with Crippen LogP contribution in [0.25, 0.3) is 0 Å². The van der Waals surface area contributed by atoms with Gasteiger partial charge in [-0.05, 0) is 167 Å². The fourth-order valence-electron chi connectivity index (χ4n) is 5.19. The molecule has 3 N–H and O–H groups in total. The van der Waals surface area contributed by atoms with Gasteiger partial charge in [0.25, 0.3) is 0 Å². The third-order valence-corrected chi connectivity index (χ3v) is 8.91. The lowest BCUT2D eigenvalue weighted by Crippen LogP contribution is -2.53. The van der Waals surface area contributed by atoms with E-state index in [4.69, 9.17) is 33.2 Å². The maximum atomic E-state index is 14.3. The minimum absolute atomic E-state index is 0.0159. The highest BCUT2D eigenvalue weighted by Crippen LogP contribution is 2.27. The SMILES string of the molecule is CC(C)(C)OC(=O)CC(NS(=O)(=O)N(Cc1ccc(OC(=O)c2ccc(N=C(NC(=O)OC(C)(C)C)NC(=O)OC(C)(C)C)cc2)cc1C(=O)OC(C)(C)C)C(=O)OC(C)(C)C)C(=O)OC(C)(C)C. The summed E-state index contributed by atoms with van der Waals surface area (Å²) < 4.78 is 68.8. The van der Waals surface area contributed by atoms with E-state index in [1.807, 2.05) is 0 Å². The van der Waals surface area contributed by atoms with E-state index in [9.17, 15) is 42.0 Å². The van der Waals surface area contributed by atoms with Gasteiger partial charge in [0, 0.05) is 0 Å². The lowest BCUT2D eigenvalue weighted by atomic mass is 10.1. The van der Waals surface area contributed by atoms with Crippen molar-refractivity contribution >= 4 is 64.0 Å². The van der Waals surface area contributed by atoms with E-state index in [0.29, 0.717) is 0 Å². The topological polar surface area (TPSA) is 270 Å². The van der Waals surface area contributed by atoms with Crippen LogP contribution in [0.15, 0.2) is 47.5 Å². The molecule has 0 aliphatic carbocycles. The largest absolute Gasteiger partial charge is 0.460 e. The molecule has 0 heterocycles. The quantitative estimate of drug-likeness (QED) is 0.0599. The molecule has 1 unspecified atom stereocenters. The summed E-state index contributed by atoms with van der Waals surface area (Å²) in [5.74, 6) is -4.59. The number of esters is 4. The molecule has 384 valence electrons. The summed E-state index contributed by atoms with van der Waals surface area (Å²) in [4.78, 5) is 96.8. The molecule has 0 saturated heterocycles. The van der Waals surface area contributed by atoms with Crippen molar-refractivity contribution in [1.29, 1.82) is 0 Å². The summed E-state index contributed by atoms with van der Waals surface area (Å²) in [6.45, 7) is 27.5. The van der Waals surface area contributed by atoms with E-state index in [1.165, 1.54) is 77.9 Å². The summed E-state index contributed by atoms with van der Waals surface area (Å²) >= 11 is 0. The van der Waals surface area contributed by atoms with Gasteiger partial charge in [-0.25, -0.2) is 29.0 Å². The molecule has 22 heteroatoms. The predicted octanol–water partition coefficient (Wildman–Crippen LogP) is 7.91. The van der Waals surface area contributed by atoms with E-state index in [0.717, 1.165) is 6.07 Å². The van der Waals surface area contributed by atoms with Crippen molar-refractivity contribution in [3.8, 4) is 5.75 Å². The number of aliphatic imine (C=N–C) groups is 1. The van der Waals surface area contributed by atoms with Crippen LogP contribution in [-0.2, 0) is 54.8 Å². The van der Waals surface area contributed by atoms with Crippen molar-refractivity contribution in [1.82, 2.24) is 19.7 Å². The van der Waals surface area contributed by atoms with E-state index in [1.54, 1.807) is 83.1 Å². The summed E-state index contributed by atoms with van der Waals surface area (Å²) in [5.41, 5.74) is -6.56. The molecule has 0 fully saturated rings. The molecule has 0 radical (unpaired) electrons. The van der Waals surface area contributed by atoms with Gasteiger partial charge < -0.3 is 33.2 Å². The molecular weight excluding hydrogens is 923 g/mol. The Morgan fingerprint density at radius 3 is 1.49 bits per heavy atom. The molecule has 2 rings (SSSR count). The van der Waals surface area contributed by atoms with Gasteiger partial charge in [-0.15, -0.1) is 0 Å². The number of hydrogen-bond donors (Lipinski definition) is 3. The van der Waals surface area contributed by atoms with Crippen molar-refractivity contribution in [2.45, 2.75) is 177 Å². The second-order valence-electron chi connectivity index (χ2n) is 21.5. The van der Waals surface area contributed by atoms with Crippen LogP contribution in [0, 0.1) is 0 Å². The molecule has 3 amide bonds. The van der Waals surface area contributed by atoms with Crippen LogP contribution >= 0.6 is 0 Å². The first-order valence-electron chi connectivity index (χ1n) is 21.7. The predicted molar refractivity (Wildman–Crippen MR) is 253 cm³/mol. The fourth-order valence-corrected chi connectivity index (χ4v) is 6.40. The van der Waals surface area contributed by atoms with Gasteiger partial charge in [0.05, 0.1) is 29.8 Å². The van der Waals surface area contributed by atoms with Crippen LogP contribution in [0.4, 0.5) is 20.1 Å². The number of ether oxygens (including phenoxy) is 7. The zero-order chi connectivity index (χ0) is 53.3. The van der Waals surface area contributed by atoms with Gasteiger partial charge in [0.1, 0.15) is 45.4 Å². The first-order valence-corrected chi connectivity index (χ1v) is 23.2. The minimum atomic E-state index is -5.16.